The third kappa shape index (κ3) is 4.33. The normalized spacial score (nSPS) is 14.7. The van der Waals surface area contributed by atoms with Crippen LogP contribution in [0.3, 0.4) is 0 Å². The number of carbonyl (C=O) groups excluding carboxylic acids is 2. The molecule has 2 aromatic rings. The number of sulfone groups is 1. The number of hydrogen-bond acceptors (Lipinski definition) is 5. The quantitative estimate of drug-likeness (QED) is 0.815. The van der Waals surface area contributed by atoms with Gasteiger partial charge >= 0.3 is 0 Å². The summed E-state index contributed by atoms with van der Waals surface area (Å²) in [5.41, 5.74) is 2.15. The Bertz CT molecular complexity index is 988. The number of carbonyl (C=O) groups is 2. The monoisotopic (exact) mass is 387 g/mol. The highest BCUT2D eigenvalue weighted by atomic mass is 32.2. The summed E-state index contributed by atoms with van der Waals surface area (Å²) in [6.07, 6.45) is 2.70. The third-order valence-corrected chi connectivity index (χ3v) is 5.52. The molecule has 0 saturated heterocycles. The van der Waals surface area contributed by atoms with E-state index in [4.69, 9.17) is 0 Å². The van der Waals surface area contributed by atoms with Crippen LogP contribution < -0.4 is 5.32 Å². The summed E-state index contributed by atoms with van der Waals surface area (Å²) in [5.74, 6) is -0.499. The third-order valence-electron chi connectivity index (χ3n) is 4.54. The van der Waals surface area contributed by atoms with Crippen molar-refractivity contribution in [2.24, 2.45) is 0 Å². The number of nitrogens with zero attached hydrogens (tertiary/aromatic N) is 2. The maximum atomic E-state index is 12.9. The molecule has 1 aliphatic heterocycles. The van der Waals surface area contributed by atoms with Crippen LogP contribution in [0.15, 0.2) is 42.6 Å². The molecule has 1 unspecified atom stereocenters. The number of pyridine rings is 1. The van der Waals surface area contributed by atoms with Gasteiger partial charge in [0.1, 0.15) is 21.7 Å². The highest BCUT2D eigenvalue weighted by Gasteiger charge is 2.36. The van der Waals surface area contributed by atoms with Crippen molar-refractivity contribution in [3.63, 3.8) is 0 Å². The molecule has 142 valence electrons. The molecule has 1 aliphatic rings. The van der Waals surface area contributed by atoms with Crippen LogP contribution in [0.5, 0.6) is 0 Å². The molecule has 27 heavy (non-hydrogen) atoms. The van der Waals surface area contributed by atoms with E-state index in [1.807, 2.05) is 25.1 Å². The standard InChI is InChI=1S/C19H21N3O4S/c1-13-6-5-10-20-17(13)21-18(23)16(9-11-27(2,25)26)22-12-14-7-3-4-8-15(14)19(22)24/h3-8,10,16H,9,11-12H2,1-2H3,(H,20,21,23). The summed E-state index contributed by atoms with van der Waals surface area (Å²) in [5, 5.41) is 2.73. The van der Waals surface area contributed by atoms with Crippen molar-refractivity contribution in [2.45, 2.75) is 25.9 Å². The van der Waals surface area contributed by atoms with Crippen LogP contribution in [0.25, 0.3) is 0 Å². The first-order valence-electron chi connectivity index (χ1n) is 8.55. The van der Waals surface area contributed by atoms with Crippen molar-refractivity contribution < 1.29 is 18.0 Å². The molecule has 2 heterocycles. The topological polar surface area (TPSA) is 96.4 Å². The number of benzene rings is 1. The number of aromatic nitrogens is 1. The van der Waals surface area contributed by atoms with Crippen molar-refractivity contribution >= 4 is 27.5 Å². The van der Waals surface area contributed by atoms with Crippen LogP contribution in [-0.4, -0.2) is 48.2 Å². The first-order valence-corrected chi connectivity index (χ1v) is 10.6. The van der Waals surface area contributed by atoms with Crippen LogP contribution >= 0.6 is 0 Å². The number of anilines is 1. The second kappa shape index (κ2) is 7.48. The lowest BCUT2D eigenvalue weighted by Gasteiger charge is -2.26. The Kier molecular flexibility index (Phi) is 5.27. The molecule has 0 radical (unpaired) electrons. The summed E-state index contributed by atoms with van der Waals surface area (Å²) >= 11 is 0. The van der Waals surface area contributed by atoms with E-state index in [-0.39, 0.29) is 24.6 Å². The van der Waals surface area contributed by atoms with Gasteiger partial charge in [0, 0.05) is 24.6 Å². The van der Waals surface area contributed by atoms with Crippen molar-refractivity contribution in [1.29, 1.82) is 0 Å². The minimum atomic E-state index is -3.28. The number of nitrogens with one attached hydrogen (secondary N) is 1. The first kappa shape index (κ1) is 19.0. The van der Waals surface area contributed by atoms with E-state index in [1.54, 1.807) is 24.4 Å². The van der Waals surface area contributed by atoms with Crippen LogP contribution in [0.2, 0.25) is 0 Å². The van der Waals surface area contributed by atoms with E-state index < -0.39 is 21.8 Å². The predicted octanol–water partition coefficient (Wildman–Crippen LogP) is 1.79. The molecule has 2 amide bonds. The second-order valence-electron chi connectivity index (χ2n) is 6.68. The SMILES string of the molecule is Cc1cccnc1NC(=O)C(CCS(C)(=O)=O)N1Cc2ccccc2C1=O. The van der Waals surface area contributed by atoms with Crippen LogP contribution in [0.1, 0.15) is 27.9 Å². The lowest BCUT2D eigenvalue weighted by molar-refractivity contribution is -0.120. The molecule has 1 atom stereocenters. The van der Waals surface area contributed by atoms with Crippen molar-refractivity contribution in [3.8, 4) is 0 Å². The highest BCUT2D eigenvalue weighted by Crippen LogP contribution is 2.26. The maximum Gasteiger partial charge on any atom is 0.255 e. The fourth-order valence-electron chi connectivity index (χ4n) is 3.10. The average molecular weight is 387 g/mol. The Morgan fingerprint density at radius 3 is 2.67 bits per heavy atom. The molecular formula is C19H21N3O4S. The van der Waals surface area contributed by atoms with Gasteiger partial charge in [-0.15, -0.1) is 0 Å². The molecule has 1 aromatic carbocycles. The molecule has 1 N–H and O–H groups in total. The Hall–Kier alpha value is -2.74. The number of fused-ring (bicyclic) bond motifs is 1. The molecule has 3 rings (SSSR count). The van der Waals surface area contributed by atoms with Gasteiger partial charge in [0.25, 0.3) is 5.91 Å². The molecule has 0 fully saturated rings. The van der Waals surface area contributed by atoms with Gasteiger partial charge in [0.2, 0.25) is 5.91 Å². The summed E-state index contributed by atoms with van der Waals surface area (Å²) < 4.78 is 23.3. The lowest BCUT2D eigenvalue weighted by atomic mass is 10.1. The summed E-state index contributed by atoms with van der Waals surface area (Å²) in [4.78, 5) is 31.3. The fourth-order valence-corrected chi connectivity index (χ4v) is 3.75. The van der Waals surface area contributed by atoms with Crippen LogP contribution in [0.4, 0.5) is 5.82 Å². The van der Waals surface area contributed by atoms with Gasteiger partial charge in [-0.2, -0.15) is 0 Å². The van der Waals surface area contributed by atoms with E-state index in [9.17, 15) is 18.0 Å². The Labute approximate surface area is 158 Å². The highest BCUT2D eigenvalue weighted by molar-refractivity contribution is 7.90. The minimum Gasteiger partial charge on any atom is -0.322 e. The Morgan fingerprint density at radius 1 is 1.26 bits per heavy atom. The maximum absolute atomic E-state index is 12.9. The van der Waals surface area contributed by atoms with E-state index in [2.05, 4.69) is 10.3 Å². The number of hydrogen-bond donors (Lipinski definition) is 1. The zero-order chi connectivity index (χ0) is 19.6. The smallest absolute Gasteiger partial charge is 0.255 e. The molecule has 0 saturated carbocycles. The molecule has 0 aliphatic carbocycles. The van der Waals surface area contributed by atoms with E-state index in [0.29, 0.717) is 11.4 Å². The predicted molar refractivity (Wildman–Crippen MR) is 102 cm³/mol. The largest absolute Gasteiger partial charge is 0.322 e. The summed E-state index contributed by atoms with van der Waals surface area (Å²) in [6.45, 7) is 2.09. The van der Waals surface area contributed by atoms with Crippen LogP contribution in [-0.2, 0) is 21.2 Å². The zero-order valence-electron chi connectivity index (χ0n) is 15.2. The second-order valence-corrected chi connectivity index (χ2v) is 8.94. The van der Waals surface area contributed by atoms with E-state index in [0.717, 1.165) is 17.4 Å². The lowest BCUT2D eigenvalue weighted by Crippen LogP contribution is -2.45. The molecule has 1 aromatic heterocycles. The molecule has 0 spiro atoms. The van der Waals surface area contributed by atoms with Gasteiger partial charge in [0.15, 0.2) is 0 Å². The summed E-state index contributed by atoms with van der Waals surface area (Å²) in [7, 11) is -3.28. The van der Waals surface area contributed by atoms with Gasteiger partial charge < -0.3 is 10.2 Å². The Morgan fingerprint density at radius 2 is 2.00 bits per heavy atom. The van der Waals surface area contributed by atoms with E-state index >= 15 is 0 Å². The number of rotatable bonds is 6. The van der Waals surface area contributed by atoms with Crippen molar-refractivity contribution in [1.82, 2.24) is 9.88 Å². The zero-order valence-corrected chi connectivity index (χ0v) is 16.0. The fraction of sp³-hybridized carbons (Fsp3) is 0.316. The molecular weight excluding hydrogens is 366 g/mol. The average Bonchev–Trinajstić information content (AvgIpc) is 2.93. The molecule has 0 bridgehead atoms. The van der Waals surface area contributed by atoms with Crippen LogP contribution in [0, 0.1) is 6.92 Å². The van der Waals surface area contributed by atoms with Gasteiger partial charge in [-0.1, -0.05) is 24.3 Å². The number of amides is 2. The Balaban J connectivity index is 1.86. The molecule has 7 nitrogen and oxygen atoms in total. The van der Waals surface area contributed by atoms with Gasteiger partial charge in [-0.25, -0.2) is 13.4 Å². The van der Waals surface area contributed by atoms with Crippen molar-refractivity contribution in [3.05, 3.63) is 59.3 Å². The minimum absolute atomic E-state index is 0.0241. The van der Waals surface area contributed by atoms with Gasteiger partial charge in [0.05, 0.1) is 5.75 Å². The number of aryl methyl sites for hydroxylation is 1. The van der Waals surface area contributed by atoms with E-state index in [1.165, 1.54) is 4.90 Å². The summed E-state index contributed by atoms with van der Waals surface area (Å²) in [6, 6.07) is 9.81. The van der Waals surface area contributed by atoms with Gasteiger partial charge in [-0.05, 0) is 36.6 Å². The first-order chi connectivity index (χ1) is 12.8. The van der Waals surface area contributed by atoms with Crippen molar-refractivity contribution in [2.75, 3.05) is 17.3 Å². The van der Waals surface area contributed by atoms with Gasteiger partial charge in [-0.3, -0.25) is 9.59 Å². The molecule has 8 heteroatoms.